The number of nitrogens with zero attached hydrogens (tertiary/aromatic N) is 2. The van der Waals surface area contributed by atoms with Crippen LogP contribution in [0.1, 0.15) is 34.0 Å². The predicted octanol–water partition coefficient (Wildman–Crippen LogP) is 0.909. The van der Waals surface area contributed by atoms with Crippen molar-refractivity contribution in [3.63, 3.8) is 0 Å². The van der Waals surface area contributed by atoms with Gasteiger partial charge in [-0.2, -0.15) is 5.26 Å². The summed E-state index contributed by atoms with van der Waals surface area (Å²) in [5.74, 6) is -1.38. The molecular formula is C12H12N2O6. The first-order valence-corrected chi connectivity index (χ1v) is 5.55. The molecule has 0 saturated carbocycles. The number of rotatable bonds is 5. The second-order valence-corrected chi connectivity index (χ2v) is 4.15. The Bertz CT molecular complexity index is 557. The average Bonchev–Trinajstić information content (AvgIpc) is 2.37. The number of aliphatic hydroxyl groups excluding tert-OH is 2. The Morgan fingerprint density at radius 3 is 2.55 bits per heavy atom. The van der Waals surface area contributed by atoms with Crippen LogP contribution in [0.4, 0.5) is 5.69 Å². The van der Waals surface area contributed by atoms with Crippen LogP contribution in [0.5, 0.6) is 0 Å². The first-order chi connectivity index (χ1) is 9.29. The van der Waals surface area contributed by atoms with E-state index in [4.69, 9.17) is 10.4 Å². The number of carboxylic acids is 1. The minimum atomic E-state index is -1.58. The first kappa shape index (κ1) is 15.6. The monoisotopic (exact) mass is 280 g/mol. The first-order valence-electron chi connectivity index (χ1n) is 5.55. The summed E-state index contributed by atoms with van der Waals surface area (Å²) < 4.78 is 0. The Labute approximate surface area is 113 Å². The highest BCUT2D eigenvalue weighted by Crippen LogP contribution is 2.29. The Balaban J connectivity index is 3.38. The maximum Gasteiger partial charge on any atom is 0.336 e. The van der Waals surface area contributed by atoms with Gasteiger partial charge >= 0.3 is 5.97 Å². The van der Waals surface area contributed by atoms with Crippen LogP contribution in [0.3, 0.4) is 0 Å². The zero-order valence-electron chi connectivity index (χ0n) is 10.5. The minimum absolute atomic E-state index is 0.0479. The van der Waals surface area contributed by atoms with Crippen LogP contribution in [0, 0.1) is 28.4 Å². The number of aromatic carboxylic acids is 1. The van der Waals surface area contributed by atoms with E-state index in [1.54, 1.807) is 6.07 Å². The largest absolute Gasteiger partial charge is 0.478 e. The molecule has 8 heteroatoms. The van der Waals surface area contributed by atoms with Crippen molar-refractivity contribution in [2.45, 2.75) is 25.6 Å². The van der Waals surface area contributed by atoms with Crippen LogP contribution < -0.4 is 0 Å². The van der Waals surface area contributed by atoms with Gasteiger partial charge in [-0.25, -0.2) is 4.79 Å². The van der Waals surface area contributed by atoms with E-state index < -0.39 is 28.8 Å². The molecule has 0 aliphatic carbocycles. The number of carboxylic acid groups (broad SMARTS) is 1. The fraction of sp³-hybridized carbons (Fsp3) is 0.333. The minimum Gasteiger partial charge on any atom is -0.478 e. The SMILES string of the molecule is Cc1c(C(=O)O)cc(C(O)C(O)CC#N)cc1[N+](=O)[O-]. The molecule has 0 aliphatic heterocycles. The average molecular weight is 280 g/mol. The zero-order valence-corrected chi connectivity index (χ0v) is 10.5. The number of nitriles is 1. The molecule has 106 valence electrons. The fourth-order valence-corrected chi connectivity index (χ4v) is 1.73. The van der Waals surface area contributed by atoms with Gasteiger partial charge in [0.2, 0.25) is 0 Å². The summed E-state index contributed by atoms with van der Waals surface area (Å²) in [5, 5.41) is 47.6. The van der Waals surface area contributed by atoms with Crippen LogP contribution in [0.2, 0.25) is 0 Å². The third kappa shape index (κ3) is 3.09. The van der Waals surface area contributed by atoms with E-state index in [0.717, 1.165) is 12.1 Å². The molecule has 0 spiro atoms. The Morgan fingerprint density at radius 1 is 1.50 bits per heavy atom. The van der Waals surface area contributed by atoms with Crippen molar-refractivity contribution in [2.75, 3.05) is 0 Å². The molecule has 1 rings (SSSR count). The van der Waals surface area contributed by atoms with Crippen molar-refractivity contribution in [3.05, 3.63) is 38.9 Å². The molecule has 0 bridgehead atoms. The highest BCUT2D eigenvalue weighted by molar-refractivity contribution is 5.91. The molecule has 1 aromatic rings. The third-order valence-corrected chi connectivity index (χ3v) is 2.84. The van der Waals surface area contributed by atoms with E-state index in [1.165, 1.54) is 6.92 Å². The number of hydrogen-bond donors (Lipinski definition) is 3. The number of benzene rings is 1. The Morgan fingerprint density at radius 2 is 2.10 bits per heavy atom. The zero-order chi connectivity index (χ0) is 15.4. The molecule has 0 heterocycles. The van der Waals surface area contributed by atoms with Gasteiger partial charge in [0.05, 0.1) is 29.1 Å². The van der Waals surface area contributed by atoms with E-state index in [-0.39, 0.29) is 23.1 Å². The van der Waals surface area contributed by atoms with Gasteiger partial charge < -0.3 is 15.3 Å². The maximum atomic E-state index is 11.0. The van der Waals surface area contributed by atoms with Crippen molar-refractivity contribution < 1.29 is 25.0 Å². The summed E-state index contributed by atoms with van der Waals surface area (Å²) in [6.45, 7) is 1.28. The molecule has 0 aromatic heterocycles. The lowest BCUT2D eigenvalue weighted by Gasteiger charge is -2.16. The van der Waals surface area contributed by atoms with E-state index in [1.807, 2.05) is 0 Å². The summed E-state index contributed by atoms with van der Waals surface area (Å²) in [6, 6.07) is 3.69. The van der Waals surface area contributed by atoms with Crippen LogP contribution in [0.15, 0.2) is 12.1 Å². The van der Waals surface area contributed by atoms with Gasteiger partial charge in [-0.1, -0.05) is 0 Å². The Hall–Kier alpha value is -2.50. The van der Waals surface area contributed by atoms with Gasteiger partial charge in [0.25, 0.3) is 5.69 Å². The number of aliphatic hydroxyl groups is 2. The van der Waals surface area contributed by atoms with Crippen molar-refractivity contribution >= 4 is 11.7 Å². The molecule has 0 amide bonds. The number of nitro benzene ring substituents is 1. The summed E-state index contributed by atoms with van der Waals surface area (Å²) in [4.78, 5) is 21.2. The quantitative estimate of drug-likeness (QED) is 0.536. The summed E-state index contributed by atoms with van der Waals surface area (Å²) in [6.07, 6.45) is -3.42. The number of nitro groups is 1. The van der Waals surface area contributed by atoms with Gasteiger partial charge in [0, 0.05) is 11.6 Å². The molecule has 2 unspecified atom stereocenters. The number of carbonyl (C=O) groups is 1. The lowest BCUT2D eigenvalue weighted by Crippen LogP contribution is -2.18. The standard InChI is InChI=1S/C12H12N2O6/c1-6-8(12(17)18)4-7(5-9(6)14(19)20)11(16)10(15)2-3-13/h4-5,10-11,15-16H,2H2,1H3,(H,17,18). The lowest BCUT2D eigenvalue weighted by atomic mass is 9.96. The molecule has 0 aliphatic rings. The highest BCUT2D eigenvalue weighted by Gasteiger charge is 2.25. The van der Waals surface area contributed by atoms with Gasteiger partial charge in [-0.3, -0.25) is 10.1 Å². The normalized spacial score (nSPS) is 13.3. The molecule has 20 heavy (non-hydrogen) atoms. The van der Waals surface area contributed by atoms with Crippen molar-refractivity contribution in [3.8, 4) is 6.07 Å². The molecule has 8 nitrogen and oxygen atoms in total. The number of hydrogen-bond acceptors (Lipinski definition) is 6. The molecular weight excluding hydrogens is 268 g/mol. The van der Waals surface area contributed by atoms with E-state index in [0.29, 0.717) is 0 Å². The van der Waals surface area contributed by atoms with Gasteiger partial charge in [-0.15, -0.1) is 0 Å². The maximum absolute atomic E-state index is 11.0. The summed E-state index contributed by atoms with van der Waals surface area (Å²) in [7, 11) is 0. The molecule has 2 atom stereocenters. The van der Waals surface area contributed by atoms with Gasteiger partial charge in [0.15, 0.2) is 0 Å². The van der Waals surface area contributed by atoms with Crippen LogP contribution in [0.25, 0.3) is 0 Å². The third-order valence-electron chi connectivity index (χ3n) is 2.84. The van der Waals surface area contributed by atoms with Crippen molar-refractivity contribution in [1.82, 2.24) is 0 Å². The topological polar surface area (TPSA) is 145 Å². The Kier molecular flexibility index (Phi) is 4.74. The van der Waals surface area contributed by atoms with E-state index >= 15 is 0 Å². The smallest absolute Gasteiger partial charge is 0.336 e. The highest BCUT2D eigenvalue weighted by atomic mass is 16.6. The van der Waals surface area contributed by atoms with Crippen molar-refractivity contribution in [2.24, 2.45) is 0 Å². The van der Waals surface area contributed by atoms with Crippen LogP contribution in [-0.4, -0.2) is 32.3 Å². The lowest BCUT2D eigenvalue weighted by molar-refractivity contribution is -0.385. The second kappa shape index (κ2) is 6.10. The summed E-state index contributed by atoms with van der Waals surface area (Å²) >= 11 is 0. The van der Waals surface area contributed by atoms with E-state index in [2.05, 4.69) is 0 Å². The molecule has 0 radical (unpaired) electrons. The fourth-order valence-electron chi connectivity index (χ4n) is 1.73. The predicted molar refractivity (Wildman–Crippen MR) is 66.0 cm³/mol. The van der Waals surface area contributed by atoms with Gasteiger partial charge in [0.1, 0.15) is 6.10 Å². The van der Waals surface area contributed by atoms with Crippen LogP contribution >= 0.6 is 0 Å². The van der Waals surface area contributed by atoms with Crippen LogP contribution in [-0.2, 0) is 0 Å². The second-order valence-electron chi connectivity index (χ2n) is 4.15. The summed E-state index contributed by atoms with van der Waals surface area (Å²) in [5.41, 5.74) is -0.976. The van der Waals surface area contributed by atoms with E-state index in [9.17, 15) is 25.1 Å². The molecule has 0 saturated heterocycles. The molecule has 0 fully saturated rings. The van der Waals surface area contributed by atoms with Crippen molar-refractivity contribution in [1.29, 1.82) is 5.26 Å². The van der Waals surface area contributed by atoms with Gasteiger partial charge in [-0.05, 0) is 18.6 Å². The molecule has 1 aromatic carbocycles. The molecule has 3 N–H and O–H groups in total.